The van der Waals surface area contributed by atoms with E-state index in [1.54, 1.807) is 0 Å². The predicted octanol–water partition coefficient (Wildman–Crippen LogP) is 2.81. The van der Waals surface area contributed by atoms with Gasteiger partial charge in [0.1, 0.15) is 0 Å². The Morgan fingerprint density at radius 1 is 1.35 bits per heavy atom. The summed E-state index contributed by atoms with van der Waals surface area (Å²) in [5.74, 6) is 1.24. The van der Waals surface area contributed by atoms with Crippen molar-refractivity contribution in [1.82, 2.24) is 15.1 Å². The summed E-state index contributed by atoms with van der Waals surface area (Å²) in [5, 5.41) is 8.58. The molecule has 1 N–H and O–H groups in total. The van der Waals surface area contributed by atoms with Crippen molar-refractivity contribution in [3.8, 4) is 0 Å². The topological polar surface area (TPSA) is 29.9 Å². The van der Waals surface area contributed by atoms with Crippen molar-refractivity contribution in [3.05, 3.63) is 16.4 Å². The van der Waals surface area contributed by atoms with E-state index in [1.165, 1.54) is 0 Å². The quantitative estimate of drug-likeness (QED) is 0.849. The molecule has 0 amide bonds. The first kappa shape index (κ1) is 14.5. The standard InChI is InChI=1S/C13H24ClN3/c1-6-15-8-10(3)9(2)7-12-13(14)11(4)16-17(12)5/h9-10,15H,6-8H2,1-5H3. The van der Waals surface area contributed by atoms with Gasteiger partial charge in [0.05, 0.1) is 16.4 Å². The largest absolute Gasteiger partial charge is 0.317 e. The molecule has 2 atom stereocenters. The molecule has 0 saturated heterocycles. The molecule has 1 aromatic heterocycles. The van der Waals surface area contributed by atoms with Crippen LogP contribution in [0.3, 0.4) is 0 Å². The van der Waals surface area contributed by atoms with Crippen molar-refractivity contribution < 1.29 is 0 Å². The summed E-state index contributed by atoms with van der Waals surface area (Å²) in [4.78, 5) is 0. The van der Waals surface area contributed by atoms with Crippen LogP contribution >= 0.6 is 11.6 Å². The summed E-state index contributed by atoms with van der Waals surface area (Å²) in [5.41, 5.74) is 2.08. The zero-order valence-corrected chi connectivity index (χ0v) is 12.3. The Hall–Kier alpha value is -0.540. The third-order valence-electron chi connectivity index (χ3n) is 3.46. The molecule has 98 valence electrons. The third-order valence-corrected chi connectivity index (χ3v) is 3.96. The van der Waals surface area contributed by atoms with Crippen LogP contribution in [0.4, 0.5) is 0 Å². The van der Waals surface area contributed by atoms with Gasteiger partial charge in [-0.1, -0.05) is 32.4 Å². The predicted molar refractivity (Wildman–Crippen MR) is 73.5 cm³/mol. The molecular weight excluding hydrogens is 234 g/mol. The molecule has 1 heterocycles. The van der Waals surface area contributed by atoms with Crippen molar-refractivity contribution >= 4 is 11.6 Å². The van der Waals surface area contributed by atoms with E-state index in [0.717, 1.165) is 35.9 Å². The van der Waals surface area contributed by atoms with Gasteiger partial charge < -0.3 is 5.32 Å². The minimum atomic E-state index is 0.598. The molecule has 0 saturated carbocycles. The van der Waals surface area contributed by atoms with E-state index in [4.69, 9.17) is 11.6 Å². The van der Waals surface area contributed by atoms with E-state index in [2.05, 4.69) is 31.2 Å². The molecule has 4 heteroatoms. The molecule has 3 nitrogen and oxygen atoms in total. The summed E-state index contributed by atoms with van der Waals surface area (Å²) < 4.78 is 1.91. The number of aryl methyl sites for hydroxylation is 2. The average Bonchev–Trinajstić information content (AvgIpc) is 2.52. The minimum absolute atomic E-state index is 0.598. The maximum absolute atomic E-state index is 6.27. The molecule has 0 fully saturated rings. The fourth-order valence-electron chi connectivity index (χ4n) is 1.98. The second-order valence-corrected chi connectivity index (χ2v) is 5.31. The lowest BCUT2D eigenvalue weighted by Crippen LogP contribution is -2.26. The lowest BCUT2D eigenvalue weighted by Gasteiger charge is -2.20. The van der Waals surface area contributed by atoms with Gasteiger partial charge in [-0.05, 0) is 38.3 Å². The second kappa shape index (κ2) is 6.41. The summed E-state index contributed by atoms with van der Waals surface area (Å²) in [6.45, 7) is 10.7. The lowest BCUT2D eigenvalue weighted by atomic mass is 9.91. The van der Waals surface area contributed by atoms with E-state index >= 15 is 0 Å². The maximum atomic E-state index is 6.27. The smallest absolute Gasteiger partial charge is 0.0847 e. The van der Waals surface area contributed by atoms with Gasteiger partial charge in [-0.2, -0.15) is 5.10 Å². The monoisotopic (exact) mass is 257 g/mol. The van der Waals surface area contributed by atoms with Crippen molar-refractivity contribution in [2.45, 2.75) is 34.1 Å². The Balaban J connectivity index is 2.64. The highest BCUT2D eigenvalue weighted by Crippen LogP contribution is 2.24. The van der Waals surface area contributed by atoms with Crippen LogP contribution in [0.1, 0.15) is 32.2 Å². The van der Waals surface area contributed by atoms with Gasteiger partial charge in [0.25, 0.3) is 0 Å². The highest BCUT2D eigenvalue weighted by atomic mass is 35.5. The Labute approximate surface area is 110 Å². The Morgan fingerprint density at radius 2 is 2.00 bits per heavy atom. The maximum Gasteiger partial charge on any atom is 0.0847 e. The lowest BCUT2D eigenvalue weighted by molar-refractivity contribution is 0.362. The number of nitrogens with zero attached hydrogens (tertiary/aromatic N) is 2. The molecule has 1 aromatic rings. The molecule has 1 rings (SSSR count). The van der Waals surface area contributed by atoms with Gasteiger partial charge in [-0.25, -0.2) is 0 Å². The van der Waals surface area contributed by atoms with E-state index in [-0.39, 0.29) is 0 Å². The second-order valence-electron chi connectivity index (χ2n) is 4.94. The molecule has 0 bridgehead atoms. The number of halogens is 1. The van der Waals surface area contributed by atoms with Gasteiger partial charge in [-0.3, -0.25) is 4.68 Å². The summed E-state index contributed by atoms with van der Waals surface area (Å²) >= 11 is 6.27. The molecule has 0 radical (unpaired) electrons. The molecule has 0 aliphatic rings. The summed E-state index contributed by atoms with van der Waals surface area (Å²) in [7, 11) is 1.97. The SMILES string of the molecule is CCNCC(C)C(C)Cc1c(Cl)c(C)nn1C. The van der Waals surface area contributed by atoms with E-state index < -0.39 is 0 Å². The van der Waals surface area contributed by atoms with Crippen molar-refractivity contribution in [3.63, 3.8) is 0 Å². The zero-order chi connectivity index (χ0) is 13.0. The molecule has 17 heavy (non-hydrogen) atoms. The summed E-state index contributed by atoms with van der Waals surface area (Å²) in [6, 6.07) is 0. The highest BCUT2D eigenvalue weighted by Gasteiger charge is 2.18. The number of nitrogens with one attached hydrogen (secondary N) is 1. The van der Waals surface area contributed by atoms with Crippen molar-refractivity contribution in [2.75, 3.05) is 13.1 Å². The molecule has 0 spiro atoms. The first-order valence-electron chi connectivity index (χ1n) is 6.36. The minimum Gasteiger partial charge on any atom is -0.317 e. The van der Waals surface area contributed by atoms with Crippen LogP contribution in [-0.2, 0) is 13.5 Å². The van der Waals surface area contributed by atoms with Crippen molar-refractivity contribution in [1.29, 1.82) is 0 Å². The molecule has 0 aliphatic carbocycles. The molecule has 0 aromatic carbocycles. The Kier molecular flexibility index (Phi) is 5.47. The molecular formula is C13H24ClN3. The van der Waals surface area contributed by atoms with Crippen LogP contribution in [0.2, 0.25) is 5.02 Å². The number of hydrogen-bond acceptors (Lipinski definition) is 2. The number of rotatable bonds is 6. The fourth-order valence-corrected chi connectivity index (χ4v) is 2.22. The van der Waals surface area contributed by atoms with Crippen LogP contribution in [0.15, 0.2) is 0 Å². The van der Waals surface area contributed by atoms with Crippen LogP contribution in [0, 0.1) is 18.8 Å². The first-order valence-corrected chi connectivity index (χ1v) is 6.73. The number of hydrogen-bond donors (Lipinski definition) is 1. The van der Waals surface area contributed by atoms with Gasteiger partial charge >= 0.3 is 0 Å². The van der Waals surface area contributed by atoms with E-state index in [1.807, 2.05) is 18.7 Å². The van der Waals surface area contributed by atoms with Gasteiger partial charge in [0.2, 0.25) is 0 Å². The first-order chi connectivity index (χ1) is 7.97. The van der Waals surface area contributed by atoms with E-state index in [0.29, 0.717) is 11.8 Å². The summed E-state index contributed by atoms with van der Waals surface area (Å²) in [6.07, 6.45) is 0.989. The van der Waals surface area contributed by atoms with Crippen LogP contribution in [0.25, 0.3) is 0 Å². The van der Waals surface area contributed by atoms with E-state index in [9.17, 15) is 0 Å². The highest BCUT2D eigenvalue weighted by molar-refractivity contribution is 6.31. The normalized spacial score (nSPS) is 14.9. The number of aromatic nitrogens is 2. The Bertz CT molecular complexity index is 360. The van der Waals surface area contributed by atoms with Crippen LogP contribution in [-0.4, -0.2) is 22.9 Å². The van der Waals surface area contributed by atoms with Crippen molar-refractivity contribution in [2.24, 2.45) is 18.9 Å². The van der Waals surface area contributed by atoms with Gasteiger partial charge in [0.15, 0.2) is 0 Å². The van der Waals surface area contributed by atoms with Gasteiger partial charge in [0, 0.05) is 7.05 Å². The zero-order valence-electron chi connectivity index (χ0n) is 11.5. The Morgan fingerprint density at radius 3 is 2.47 bits per heavy atom. The average molecular weight is 258 g/mol. The fraction of sp³-hybridized carbons (Fsp3) is 0.769. The van der Waals surface area contributed by atoms with Crippen LogP contribution < -0.4 is 5.32 Å². The molecule has 2 unspecified atom stereocenters. The third kappa shape index (κ3) is 3.71. The van der Waals surface area contributed by atoms with Crippen LogP contribution in [0.5, 0.6) is 0 Å². The van der Waals surface area contributed by atoms with Gasteiger partial charge in [-0.15, -0.1) is 0 Å². The molecule has 0 aliphatic heterocycles.